The highest BCUT2D eigenvalue weighted by molar-refractivity contribution is 5.94. The van der Waals surface area contributed by atoms with Crippen LogP contribution in [0.25, 0.3) is 0 Å². The van der Waals surface area contributed by atoms with Gasteiger partial charge in [0, 0.05) is 19.1 Å². The van der Waals surface area contributed by atoms with Crippen LogP contribution >= 0.6 is 0 Å². The molecule has 1 N–H and O–H groups in total. The van der Waals surface area contributed by atoms with Crippen LogP contribution in [0.4, 0.5) is 8.78 Å². The fourth-order valence-corrected chi connectivity index (χ4v) is 2.85. The van der Waals surface area contributed by atoms with E-state index < -0.39 is 17.5 Å². The summed E-state index contributed by atoms with van der Waals surface area (Å²) in [5, 5.41) is 3.25. The molecule has 1 aliphatic rings. The summed E-state index contributed by atoms with van der Waals surface area (Å²) in [5.41, 5.74) is -0.178. The predicted octanol–water partition coefficient (Wildman–Crippen LogP) is 2.42. The van der Waals surface area contributed by atoms with Crippen LogP contribution in [0.15, 0.2) is 18.2 Å². The molecule has 2 atom stereocenters. The number of nitrogens with zero attached hydrogens (tertiary/aromatic N) is 1. The molecule has 0 saturated carbocycles. The molecule has 5 heteroatoms. The Morgan fingerprint density at radius 2 is 2.20 bits per heavy atom. The molecule has 0 spiro atoms. The molecule has 0 radical (unpaired) electrons. The van der Waals surface area contributed by atoms with Gasteiger partial charge in [0.15, 0.2) is 11.6 Å². The van der Waals surface area contributed by atoms with Crippen molar-refractivity contribution in [3.05, 3.63) is 35.4 Å². The number of halogens is 2. The molecular weight excluding hydrogens is 262 g/mol. The third-order valence-electron chi connectivity index (χ3n) is 4.10. The van der Waals surface area contributed by atoms with Crippen LogP contribution in [0.2, 0.25) is 0 Å². The van der Waals surface area contributed by atoms with E-state index in [0.717, 1.165) is 18.9 Å². The third-order valence-corrected chi connectivity index (χ3v) is 4.10. The molecule has 1 aromatic carbocycles. The Morgan fingerprint density at radius 1 is 1.45 bits per heavy atom. The van der Waals surface area contributed by atoms with Crippen LogP contribution in [0.1, 0.15) is 30.1 Å². The lowest BCUT2D eigenvalue weighted by Crippen LogP contribution is -2.50. The first-order chi connectivity index (χ1) is 9.58. The monoisotopic (exact) mass is 282 g/mol. The highest BCUT2D eigenvalue weighted by Gasteiger charge is 2.31. The number of rotatable bonds is 3. The van der Waals surface area contributed by atoms with Crippen molar-refractivity contribution >= 4 is 5.91 Å². The molecule has 2 unspecified atom stereocenters. The summed E-state index contributed by atoms with van der Waals surface area (Å²) in [6, 6.07) is 4.10. The van der Waals surface area contributed by atoms with Crippen molar-refractivity contribution in [2.75, 3.05) is 20.1 Å². The zero-order valence-electron chi connectivity index (χ0n) is 11.8. The Balaban J connectivity index is 2.16. The van der Waals surface area contributed by atoms with Gasteiger partial charge in [0.25, 0.3) is 5.91 Å². The second kappa shape index (κ2) is 6.31. The van der Waals surface area contributed by atoms with Gasteiger partial charge in [-0.3, -0.25) is 4.79 Å². The molecule has 0 bridgehead atoms. The minimum atomic E-state index is -1.05. The van der Waals surface area contributed by atoms with Crippen molar-refractivity contribution in [1.82, 2.24) is 10.2 Å². The summed E-state index contributed by atoms with van der Waals surface area (Å²) in [7, 11) is 1.91. The molecule has 0 aromatic heterocycles. The fraction of sp³-hybridized carbons (Fsp3) is 0.533. The normalized spacial score (nSPS) is 22.9. The Hall–Kier alpha value is -1.49. The van der Waals surface area contributed by atoms with Crippen LogP contribution < -0.4 is 5.32 Å². The van der Waals surface area contributed by atoms with Gasteiger partial charge < -0.3 is 10.2 Å². The molecule has 20 heavy (non-hydrogen) atoms. The molecule has 1 aromatic rings. The summed E-state index contributed by atoms with van der Waals surface area (Å²) in [5.74, 6) is -2.11. The van der Waals surface area contributed by atoms with Crippen molar-refractivity contribution in [2.24, 2.45) is 5.92 Å². The number of hydrogen-bond donors (Lipinski definition) is 1. The van der Waals surface area contributed by atoms with Gasteiger partial charge in [0.2, 0.25) is 0 Å². The van der Waals surface area contributed by atoms with E-state index >= 15 is 0 Å². The average molecular weight is 282 g/mol. The first-order valence-corrected chi connectivity index (χ1v) is 6.99. The van der Waals surface area contributed by atoms with Crippen LogP contribution in [0.5, 0.6) is 0 Å². The average Bonchev–Trinajstić information content (AvgIpc) is 2.48. The molecule has 3 nitrogen and oxygen atoms in total. The van der Waals surface area contributed by atoms with Gasteiger partial charge in [0.1, 0.15) is 0 Å². The number of piperidine rings is 1. The molecule has 110 valence electrons. The molecule has 0 aliphatic carbocycles. The minimum absolute atomic E-state index is 0.178. The largest absolute Gasteiger partial charge is 0.338 e. The number of amides is 1. The van der Waals surface area contributed by atoms with Crippen LogP contribution in [0.3, 0.4) is 0 Å². The van der Waals surface area contributed by atoms with Crippen LogP contribution in [-0.4, -0.2) is 37.0 Å². The lowest BCUT2D eigenvalue weighted by atomic mass is 9.89. The third kappa shape index (κ3) is 2.82. The Labute approximate surface area is 118 Å². The maximum Gasteiger partial charge on any atom is 0.256 e. The summed E-state index contributed by atoms with van der Waals surface area (Å²) < 4.78 is 26.9. The minimum Gasteiger partial charge on any atom is -0.338 e. The van der Waals surface area contributed by atoms with E-state index in [1.165, 1.54) is 12.1 Å². The second-order valence-corrected chi connectivity index (χ2v) is 5.20. The van der Waals surface area contributed by atoms with Crippen molar-refractivity contribution in [1.29, 1.82) is 0 Å². The van der Waals surface area contributed by atoms with Gasteiger partial charge in [-0.2, -0.15) is 0 Å². The molecule has 1 saturated heterocycles. The lowest BCUT2D eigenvalue weighted by Gasteiger charge is -2.38. The highest BCUT2D eigenvalue weighted by atomic mass is 19.2. The summed E-state index contributed by atoms with van der Waals surface area (Å²) in [6.45, 7) is 3.22. The van der Waals surface area contributed by atoms with E-state index in [0.29, 0.717) is 25.0 Å². The summed E-state index contributed by atoms with van der Waals surface area (Å²) >= 11 is 0. The van der Waals surface area contributed by atoms with Crippen molar-refractivity contribution in [3.8, 4) is 0 Å². The molecule has 1 aliphatic heterocycles. The van der Waals surface area contributed by atoms with Crippen LogP contribution in [0, 0.1) is 17.6 Å². The molecule has 2 rings (SSSR count). The van der Waals surface area contributed by atoms with Gasteiger partial charge in [-0.05, 0) is 31.5 Å². The van der Waals surface area contributed by atoms with Crippen molar-refractivity contribution < 1.29 is 13.6 Å². The number of carbonyl (C=O) groups is 1. The molecule has 1 heterocycles. The van der Waals surface area contributed by atoms with Gasteiger partial charge in [-0.15, -0.1) is 0 Å². The summed E-state index contributed by atoms with van der Waals surface area (Å²) in [6.07, 6.45) is 1.78. The fourth-order valence-electron chi connectivity index (χ4n) is 2.85. The van der Waals surface area contributed by atoms with E-state index in [4.69, 9.17) is 0 Å². The van der Waals surface area contributed by atoms with E-state index in [2.05, 4.69) is 12.2 Å². The maximum absolute atomic E-state index is 13.7. The number of nitrogens with one attached hydrogen (secondary N) is 1. The smallest absolute Gasteiger partial charge is 0.256 e. The zero-order chi connectivity index (χ0) is 14.7. The first-order valence-electron chi connectivity index (χ1n) is 6.99. The van der Waals surface area contributed by atoms with E-state index in [9.17, 15) is 13.6 Å². The van der Waals surface area contributed by atoms with E-state index in [1.807, 2.05) is 7.05 Å². The van der Waals surface area contributed by atoms with Gasteiger partial charge in [0.05, 0.1) is 5.56 Å². The maximum atomic E-state index is 13.7. The van der Waals surface area contributed by atoms with Crippen molar-refractivity contribution in [2.45, 2.75) is 25.8 Å². The van der Waals surface area contributed by atoms with E-state index in [1.54, 1.807) is 4.90 Å². The number of likely N-dealkylation sites (tertiary alicyclic amines) is 1. The molecular formula is C15H20F2N2O. The Kier molecular flexibility index (Phi) is 4.70. The van der Waals surface area contributed by atoms with Gasteiger partial charge >= 0.3 is 0 Å². The molecule has 1 amide bonds. The SMILES string of the molecule is CCC1CN(C(=O)c2cccc(F)c2F)CCC1NC. The Bertz CT molecular complexity index is 493. The molecule has 1 fully saturated rings. The van der Waals surface area contributed by atoms with Gasteiger partial charge in [-0.25, -0.2) is 8.78 Å². The van der Waals surface area contributed by atoms with E-state index in [-0.39, 0.29) is 5.56 Å². The Morgan fingerprint density at radius 3 is 2.85 bits per heavy atom. The highest BCUT2D eigenvalue weighted by Crippen LogP contribution is 2.22. The standard InChI is InChI=1S/C15H20F2N2O/c1-3-10-9-19(8-7-13(10)18-2)15(20)11-5-4-6-12(16)14(11)17/h4-6,10,13,18H,3,7-9H2,1-2H3. The van der Waals surface area contributed by atoms with Crippen molar-refractivity contribution in [3.63, 3.8) is 0 Å². The number of hydrogen-bond acceptors (Lipinski definition) is 2. The quantitative estimate of drug-likeness (QED) is 0.923. The topological polar surface area (TPSA) is 32.3 Å². The van der Waals surface area contributed by atoms with Crippen LogP contribution in [-0.2, 0) is 0 Å². The predicted molar refractivity (Wildman–Crippen MR) is 73.5 cm³/mol. The lowest BCUT2D eigenvalue weighted by molar-refractivity contribution is 0.0626. The second-order valence-electron chi connectivity index (χ2n) is 5.20. The van der Waals surface area contributed by atoms with Gasteiger partial charge in [-0.1, -0.05) is 19.4 Å². The zero-order valence-corrected chi connectivity index (χ0v) is 11.8. The number of benzene rings is 1. The first kappa shape index (κ1) is 14.9. The number of carbonyl (C=O) groups excluding carboxylic acids is 1. The summed E-state index contributed by atoms with van der Waals surface area (Å²) in [4.78, 5) is 14.0.